The Labute approximate surface area is 123 Å². The van der Waals surface area contributed by atoms with Gasteiger partial charge in [0.25, 0.3) is 0 Å². The fourth-order valence-corrected chi connectivity index (χ4v) is 3.13. The average Bonchev–Trinajstić information content (AvgIpc) is 2.66. The number of benzene rings is 1. The number of anilines is 1. The van der Waals surface area contributed by atoms with Crippen molar-refractivity contribution in [2.75, 3.05) is 31.6 Å². The van der Waals surface area contributed by atoms with Crippen molar-refractivity contribution in [2.24, 2.45) is 0 Å². The van der Waals surface area contributed by atoms with E-state index in [1.807, 2.05) is 0 Å². The van der Waals surface area contributed by atoms with Crippen molar-refractivity contribution >= 4 is 5.69 Å². The van der Waals surface area contributed by atoms with Gasteiger partial charge in [0.15, 0.2) is 0 Å². The first kappa shape index (κ1) is 15.3. The number of hydrogen-bond donors (Lipinski definition) is 2. The van der Waals surface area contributed by atoms with Crippen LogP contribution in [0.2, 0.25) is 0 Å². The van der Waals surface area contributed by atoms with E-state index < -0.39 is 0 Å². The van der Waals surface area contributed by atoms with Crippen LogP contribution in [0, 0.1) is 0 Å². The van der Waals surface area contributed by atoms with E-state index in [9.17, 15) is 0 Å². The van der Waals surface area contributed by atoms with Crippen molar-refractivity contribution < 1.29 is 5.11 Å². The number of aliphatic hydroxyl groups is 1. The van der Waals surface area contributed by atoms with E-state index >= 15 is 0 Å². The third kappa shape index (κ3) is 3.97. The third-order valence-corrected chi connectivity index (χ3v) is 4.26. The number of rotatable bonds is 7. The maximum Gasteiger partial charge on any atom is 0.0431 e. The number of aliphatic hydroxyl groups excluding tert-OH is 1. The van der Waals surface area contributed by atoms with Gasteiger partial charge in [0.2, 0.25) is 0 Å². The Bertz CT molecular complexity index is 394. The molecule has 0 saturated carbocycles. The van der Waals surface area contributed by atoms with Crippen LogP contribution in [0.25, 0.3) is 0 Å². The first-order chi connectivity index (χ1) is 9.86. The molecule has 112 valence electrons. The summed E-state index contributed by atoms with van der Waals surface area (Å²) in [4.78, 5) is 2.55. The quantitative estimate of drug-likeness (QED) is 0.751. The van der Waals surface area contributed by atoms with Crippen LogP contribution in [0.4, 0.5) is 5.69 Å². The van der Waals surface area contributed by atoms with E-state index in [-0.39, 0.29) is 0 Å². The number of nitrogens with one attached hydrogen (secondary N) is 1. The van der Waals surface area contributed by atoms with Gasteiger partial charge in [-0.3, -0.25) is 0 Å². The highest BCUT2D eigenvalue weighted by atomic mass is 16.2. The van der Waals surface area contributed by atoms with Gasteiger partial charge in [0.05, 0.1) is 0 Å². The fraction of sp³-hybridized carbons (Fsp3) is 0.647. The minimum Gasteiger partial charge on any atom is -0.396 e. The van der Waals surface area contributed by atoms with Gasteiger partial charge in [-0.05, 0) is 44.4 Å². The molecule has 0 fully saturated rings. The molecule has 1 atom stereocenters. The second-order valence-electron chi connectivity index (χ2n) is 5.67. The Morgan fingerprint density at radius 2 is 2.00 bits per heavy atom. The van der Waals surface area contributed by atoms with Gasteiger partial charge in [-0.1, -0.05) is 31.0 Å². The standard InChI is InChI=1S/C17H28N2O/c1-18-16-10-8-13-19(12-6-2-3-7-14-20)17-11-5-4-9-15(16)17/h4-5,9,11,16,18,20H,2-3,6-8,10,12-14H2,1H3. The molecule has 1 aromatic carbocycles. The highest BCUT2D eigenvalue weighted by Crippen LogP contribution is 2.32. The van der Waals surface area contributed by atoms with Crippen molar-refractivity contribution in [1.29, 1.82) is 0 Å². The van der Waals surface area contributed by atoms with E-state index in [1.54, 1.807) is 0 Å². The topological polar surface area (TPSA) is 35.5 Å². The molecule has 0 bridgehead atoms. The zero-order valence-corrected chi connectivity index (χ0v) is 12.6. The van der Waals surface area contributed by atoms with Gasteiger partial charge in [-0.15, -0.1) is 0 Å². The fourth-order valence-electron chi connectivity index (χ4n) is 3.13. The van der Waals surface area contributed by atoms with Gasteiger partial charge in [0.1, 0.15) is 0 Å². The molecule has 0 aromatic heterocycles. The SMILES string of the molecule is CNC1CCCN(CCCCCCO)c2ccccc21. The van der Waals surface area contributed by atoms with Gasteiger partial charge >= 0.3 is 0 Å². The van der Waals surface area contributed by atoms with Crippen LogP contribution in [0.1, 0.15) is 50.1 Å². The van der Waals surface area contributed by atoms with Crippen LogP contribution in [0.3, 0.4) is 0 Å². The van der Waals surface area contributed by atoms with Crippen LogP contribution < -0.4 is 10.2 Å². The normalized spacial score (nSPS) is 18.7. The molecule has 3 nitrogen and oxygen atoms in total. The van der Waals surface area contributed by atoms with Gasteiger partial charge in [-0.25, -0.2) is 0 Å². The summed E-state index contributed by atoms with van der Waals surface area (Å²) in [6.07, 6.45) is 6.99. The molecule has 0 spiro atoms. The van der Waals surface area contributed by atoms with E-state index in [2.05, 4.69) is 41.5 Å². The predicted molar refractivity (Wildman–Crippen MR) is 85.2 cm³/mol. The second-order valence-corrected chi connectivity index (χ2v) is 5.67. The minimum atomic E-state index is 0.330. The molecular formula is C17H28N2O. The molecule has 1 heterocycles. The molecular weight excluding hydrogens is 248 g/mol. The summed E-state index contributed by atoms with van der Waals surface area (Å²) in [5.74, 6) is 0. The molecule has 1 aliphatic heterocycles. The van der Waals surface area contributed by atoms with E-state index in [0.29, 0.717) is 12.6 Å². The van der Waals surface area contributed by atoms with E-state index in [4.69, 9.17) is 5.11 Å². The van der Waals surface area contributed by atoms with Crippen molar-refractivity contribution in [3.63, 3.8) is 0 Å². The Morgan fingerprint density at radius 1 is 1.20 bits per heavy atom. The molecule has 0 aliphatic carbocycles. The maximum absolute atomic E-state index is 8.82. The van der Waals surface area contributed by atoms with Crippen LogP contribution in [0.15, 0.2) is 24.3 Å². The molecule has 20 heavy (non-hydrogen) atoms. The average molecular weight is 276 g/mol. The number of unbranched alkanes of at least 4 members (excludes halogenated alkanes) is 3. The predicted octanol–water partition coefficient (Wildman–Crippen LogP) is 3.10. The van der Waals surface area contributed by atoms with Crippen LogP contribution >= 0.6 is 0 Å². The summed E-state index contributed by atoms with van der Waals surface area (Å²) in [7, 11) is 2.06. The zero-order chi connectivity index (χ0) is 14.2. The van der Waals surface area contributed by atoms with Gasteiger partial charge in [-0.2, -0.15) is 0 Å². The van der Waals surface area contributed by atoms with Crippen LogP contribution in [-0.4, -0.2) is 31.9 Å². The minimum absolute atomic E-state index is 0.330. The number of fused-ring (bicyclic) bond motifs is 1. The van der Waals surface area contributed by atoms with Crippen molar-refractivity contribution in [3.05, 3.63) is 29.8 Å². The smallest absolute Gasteiger partial charge is 0.0431 e. The van der Waals surface area contributed by atoms with Gasteiger partial charge in [0, 0.05) is 31.4 Å². The lowest BCUT2D eigenvalue weighted by molar-refractivity contribution is 0.282. The second kappa shape index (κ2) is 8.28. The molecule has 0 saturated heterocycles. The Balaban J connectivity index is 1.98. The number of para-hydroxylation sites is 1. The Morgan fingerprint density at radius 3 is 2.80 bits per heavy atom. The lowest BCUT2D eigenvalue weighted by Crippen LogP contribution is -2.25. The highest BCUT2D eigenvalue weighted by Gasteiger charge is 2.20. The monoisotopic (exact) mass is 276 g/mol. The molecule has 1 aromatic rings. The van der Waals surface area contributed by atoms with Crippen molar-refractivity contribution in [1.82, 2.24) is 5.32 Å². The number of nitrogens with zero attached hydrogens (tertiary/aromatic N) is 1. The van der Waals surface area contributed by atoms with Crippen LogP contribution in [0.5, 0.6) is 0 Å². The molecule has 3 heteroatoms. The molecule has 0 radical (unpaired) electrons. The zero-order valence-electron chi connectivity index (χ0n) is 12.6. The third-order valence-electron chi connectivity index (χ3n) is 4.26. The summed E-state index contributed by atoms with van der Waals surface area (Å²) in [6.45, 7) is 2.63. The molecule has 0 amide bonds. The summed E-state index contributed by atoms with van der Waals surface area (Å²) >= 11 is 0. The van der Waals surface area contributed by atoms with Gasteiger partial charge < -0.3 is 15.3 Å². The summed E-state index contributed by atoms with van der Waals surface area (Å²) < 4.78 is 0. The lowest BCUT2D eigenvalue weighted by atomic mass is 10.0. The molecule has 1 unspecified atom stereocenters. The molecule has 1 aliphatic rings. The molecule has 2 N–H and O–H groups in total. The first-order valence-electron chi connectivity index (χ1n) is 7.99. The number of hydrogen-bond acceptors (Lipinski definition) is 3. The molecule has 2 rings (SSSR count). The summed E-state index contributed by atoms with van der Waals surface area (Å²) in [5, 5.41) is 12.3. The first-order valence-corrected chi connectivity index (χ1v) is 7.99. The summed E-state index contributed by atoms with van der Waals surface area (Å²) in [6, 6.07) is 9.31. The van der Waals surface area contributed by atoms with E-state index in [0.717, 1.165) is 25.9 Å². The Hall–Kier alpha value is -1.06. The van der Waals surface area contributed by atoms with E-state index in [1.165, 1.54) is 36.9 Å². The van der Waals surface area contributed by atoms with Crippen molar-refractivity contribution in [3.8, 4) is 0 Å². The Kier molecular flexibility index (Phi) is 6.34. The summed E-state index contributed by atoms with van der Waals surface area (Å²) in [5.41, 5.74) is 2.86. The van der Waals surface area contributed by atoms with Crippen LogP contribution in [-0.2, 0) is 0 Å². The highest BCUT2D eigenvalue weighted by molar-refractivity contribution is 5.55. The van der Waals surface area contributed by atoms with Crippen molar-refractivity contribution in [2.45, 2.75) is 44.6 Å². The lowest BCUT2D eigenvalue weighted by Gasteiger charge is -2.25. The maximum atomic E-state index is 8.82. The largest absolute Gasteiger partial charge is 0.396 e.